The molecule has 1 aromatic heterocycles. The number of hydrogen-bond acceptors (Lipinski definition) is 4. The number of nitrogens with zero attached hydrogens (tertiary/aromatic N) is 2. The number of rotatable bonds is 3. The van der Waals surface area contributed by atoms with Crippen LogP contribution < -0.4 is 16.0 Å². The van der Waals surface area contributed by atoms with Gasteiger partial charge in [-0.25, -0.2) is 4.68 Å². The third-order valence-corrected chi connectivity index (χ3v) is 2.98. The first-order valence-electron chi connectivity index (χ1n) is 6.01. The highest BCUT2D eigenvalue weighted by Crippen LogP contribution is 2.29. The maximum Gasteiger partial charge on any atom is 0.277 e. The van der Waals surface area contributed by atoms with Crippen molar-refractivity contribution in [3.8, 4) is 17.0 Å². The van der Waals surface area contributed by atoms with Crippen molar-refractivity contribution in [1.82, 2.24) is 9.78 Å². The highest BCUT2D eigenvalue weighted by molar-refractivity contribution is 5.95. The van der Waals surface area contributed by atoms with Crippen LogP contribution in [0.1, 0.15) is 11.1 Å². The molecule has 2 rings (SSSR count). The largest absolute Gasteiger partial charge is 0.496 e. The first-order chi connectivity index (χ1) is 9.43. The van der Waals surface area contributed by atoms with E-state index in [0.717, 1.165) is 11.1 Å². The van der Waals surface area contributed by atoms with Crippen LogP contribution in [0.3, 0.4) is 0 Å². The number of ether oxygens (including phenoxy) is 1. The van der Waals surface area contributed by atoms with Crippen molar-refractivity contribution in [1.29, 1.82) is 5.41 Å². The standard InChI is InChI=1S/C14H16N4O2/c1-8-4-5-12(20-3)9(6-8)11-7-10(13(15)16)14(19)18(2)17-11/h4-7H,1-3H3,(H3,15,16). The Hall–Kier alpha value is -2.63. The normalized spacial score (nSPS) is 10.3. The predicted octanol–water partition coefficient (Wildman–Crippen LogP) is 1.05. The van der Waals surface area contributed by atoms with Crippen molar-refractivity contribution in [3.63, 3.8) is 0 Å². The Morgan fingerprint density at radius 1 is 1.40 bits per heavy atom. The van der Waals surface area contributed by atoms with Crippen LogP contribution in [0, 0.1) is 12.3 Å². The maximum absolute atomic E-state index is 11.9. The van der Waals surface area contributed by atoms with E-state index in [1.807, 2.05) is 25.1 Å². The molecule has 2 aromatic rings. The molecule has 6 nitrogen and oxygen atoms in total. The summed E-state index contributed by atoms with van der Waals surface area (Å²) in [6.45, 7) is 1.96. The van der Waals surface area contributed by atoms with Crippen LogP contribution in [0.25, 0.3) is 11.3 Å². The van der Waals surface area contributed by atoms with Gasteiger partial charge in [-0.15, -0.1) is 0 Å². The van der Waals surface area contributed by atoms with Crippen molar-refractivity contribution in [2.24, 2.45) is 12.8 Å². The number of nitrogens with two attached hydrogens (primary N) is 1. The second-order valence-corrected chi connectivity index (χ2v) is 4.49. The van der Waals surface area contributed by atoms with E-state index >= 15 is 0 Å². The van der Waals surface area contributed by atoms with Gasteiger partial charge in [-0.1, -0.05) is 11.6 Å². The molecule has 0 aliphatic rings. The molecule has 0 saturated carbocycles. The third kappa shape index (κ3) is 2.40. The van der Waals surface area contributed by atoms with E-state index in [2.05, 4.69) is 5.10 Å². The van der Waals surface area contributed by atoms with Crippen LogP contribution in [0.4, 0.5) is 0 Å². The molecule has 1 heterocycles. The molecule has 0 unspecified atom stereocenters. The fourth-order valence-corrected chi connectivity index (χ4v) is 1.96. The van der Waals surface area contributed by atoms with Crippen molar-refractivity contribution in [2.75, 3.05) is 7.11 Å². The lowest BCUT2D eigenvalue weighted by molar-refractivity contribution is 0.416. The number of hydrogen-bond donors (Lipinski definition) is 2. The van der Waals surface area contributed by atoms with Gasteiger partial charge in [0.2, 0.25) is 0 Å². The van der Waals surface area contributed by atoms with Gasteiger partial charge in [0, 0.05) is 12.6 Å². The molecule has 0 amide bonds. The summed E-state index contributed by atoms with van der Waals surface area (Å²) in [5.41, 5.74) is 7.51. The summed E-state index contributed by atoms with van der Waals surface area (Å²) >= 11 is 0. The highest BCUT2D eigenvalue weighted by atomic mass is 16.5. The van der Waals surface area contributed by atoms with Crippen LogP contribution in [0.5, 0.6) is 5.75 Å². The van der Waals surface area contributed by atoms with Crippen molar-refractivity contribution in [3.05, 3.63) is 45.7 Å². The van der Waals surface area contributed by atoms with E-state index in [1.54, 1.807) is 7.11 Å². The molecular formula is C14H16N4O2. The topological polar surface area (TPSA) is 94.0 Å². The Balaban J connectivity index is 2.73. The summed E-state index contributed by atoms with van der Waals surface area (Å²) in [6, 6.07) is 7.19. The zero-order chi connectivity index (χ0) is 14.9. The molecular weight excluding hydrogens is 256 g/mol. The zero-order valence-electron chi connectivity index (χ0n) is 11.6. The Labute approximate surface area is 116 Å². The highest BCUT2D eigenvalue weighted by Gasteiger charge is 2.13. The van der Waals surface area contributed by atoms with Gasteiger partial charge < -0.3 is 10.5 Å². The quantitative estimate of drug-likeness (QED) is 0.645. The fraction of sp³-hybridized carbons (Fsp3) is 0.214. The molecule has 0 saturated heterocycles. The summed E-state index contributed by atoms with van der Waals surface area (Å²) < 4.78 is 6.49. The first kappa shape index (κ1) is 13.8. The maximum atomic E-state index is 11.9. The van der Waals surface area contributed by atoms with Gasteiger partial charge in [-0.2, -0.15) is 5.10 Å². The molecule has 6 heteroatoms. The molecule has 0 aliphatic carbocycles. The molecule has 0 atom stereocenters. The first-order valence-corrected chi connectivity index (χ1v) is 6.01. The summed E-state index contributed by atoms with van der Waals surface area (Å²) in [4.78, 5) is 11.9. The van der Waals surface area contributed by atoms with E-state index in [-0.39, 0.29) is 11.4 Å². The number of methoxy groups -OCH3 is 1. The van der Waals surface area contributed by atoms with Crippen LogP contribution in [-0.4, -0.2) is 22.7 Å². The van der Waals surface area contributed by atoms with Crippen molar-refractivity contribution < 1.29 is 4.74 Å². The summed E-state index contributed by atoms with van der Waals surface area (Å²) in [6.07, 6.45) is 0. The molecule has 0 bridgehead atoms. The molecule has 3 N–H and O–H groups in total. The smallest absolute Gasteiger partial charge is 0.277 e. The lowest BCUT2D eigenvalue weighted by Gasteiger charge is -2.11. The van der Waals surface area contributed by atoms with Crippen molar-refractivity contribution >= 4 is 5.84 Å². The number of aromatic nitrogens is 2. The minimum atomic E-state index is -0.395. The Bertz CT molecular complexity index is 734. The van der Waals surface area contributed by atoms with Crippen LogP contribution in [0.15, 0.2) is 29.1 Å². The Kier molecular flexibility index (Phi) is 3.56. The second-order valence-electron chi connectivity index (χ2n) is 4.49. The minimum absolute atomic E-state index is 0.126. The molecule has 0 spiro atoms. The average Bonchev–Trinajstić information content (AvgIpc) is 2.41. The van der Waals surface area contributed by atoms with Crippen LogP contribution in [-0.2, 0) is 7.05 Å². The van der Waals surface area contributed by atoms with Gasteiger partial charge in [0.05, 0.1) is 18.4 Å². The van der Waals surface area contributed by atoms with Crippen LogP contribution in [0.2, 0.25) is 0 Å². The van der Waals surface area contributed by atoms with E-state index in [0.29, 0.717) is 11.4 Å². The van der Waals surface area contributed by atoms with Gasteiger partial charge in [-0.3, -0.25) is 10.2 Å². The monoisotopic (exact) mass is 272 g/mol. The number of benzene rings is 1. The zero-order valence-corrected chi connectivity index (χ0v) is 11.6. The second kappa shape index (κ2) is 5.16. The lowest BCUT2D eigenvalue weighted by atomic mass is 10.1. The molecule has 0 aliphatic heterocycles. The van der Waals surface area contributed by atoms with E-state index in [4.69, 9.17) is 15.9 Å². The van der Waals surface area contributed by atoms with E-state index < -0.39 is 5.56 Å². The lowest BCUT2D eigenvalue weighted by Crippen LogP contribution is -2.29. The summed E-state index contributed by atoms with van der Waals surface area (Å²) in [5.74, 6) is 0.372. The fourth-order valence-electron chi connectivity index (χ4n) is 1.96. The molecule has 20 heavy (non-hydrogen) atoms. The summed E-state index contributed by atoms with van der Waals surface area (Å²) in [5, 5.41) is 11.7. The number of amidine groups is 1. The van der Waals surface area contributed by atoms with Gasteiger partial charge in [-0.05, 0) is 25.1 Å². The molecule has 1 aromatic carbocycles. The Morgan fingerprint density at radius 3 is 2.70 bits per heavy atom. The van der Waals surface area contributed by atoms with Gasteiger partial charge in [0.1, 0.15) is 11.6 Å². The average molecular weight is 272 g/mol. The van der Waals surface area contributed by atoms with Crippen LogP contribution >= 0.6 is 0 Å². The number of aryl methyl sites for hydroxylation is 2. The molecule has 0 radical (unpaired) electrons. The van der Waals surface area contributed by atoms with E-state index in [9.17, 15) is 4.79 Å². The third-order valence-electron chi connectivity index (χ3n) is 2.98. The van der Waals surface area contributed by atoms with Gasteiger partial charge >= 0.3 is 0 Å². The van der Waals surface area contributed by atoms with Crippen molar-refractivity contribution in [2.45, 2.75) is 6.92 Å². The van der Waals surface area contributed by atoms with Gasteiger partial charge in [0.25, 0.3) is 5.56 Å². The Morgan fingerprint density at radius 2 is 2.10 bits per heavy atom. The number of nitrogens with one attached hydrogen (secondary N) is 1. The SMILES string of the molecule is COc1ccc(C)cc1-c1cc(C(=N)N)c(=O)n(C)n1. The van der Waals surface area contributed by atoms with E-state index in [1.165, 1.54) is 17.8 Å². The molecule has 104 valence electrons. The van der Waals surface area contributed by atoms with Gasteiger partial charge in [0.15, 0.2) is 0 Å². The summed E-state index contributed by atoms with van der Waals surface area (Å²) in [7, 11) is 3.10. The number of nitrogen functional groups attached to an aromatic ring is 1. The predicted molar refractivity (Wildman–Crippen MR) is 77.2 cm³/mol. The molecule has 0 fully saturated rings. The minimum Gasteiger partial charge on any atom is -0.496 e.